The van der Waals surface area contributed by atoms with Gasteiger partial charge in [0.05, 0.1) is 12.0 Å². The second kappa shape index (κ2) is 4.37. The molecule has 0 bridgehead atoms. The molecule has 17 heavy (non-hydrogen) atoms. The summed E-state index contributed by atoms with van der Waals surface area (Å²) in [6.07, 6.45) is 0.780. The van der Waals surface area contributed by atoms with Crippen LogP contribution in [0, 0.1) is 5.92 Å². The lowest BCUT2D eigenvalue weighted by atomic mass is 9.95. The highest BCUT2D eigenvalue weighted by atomic mass is 16.5. The second-order valence-electron chi connectivity index (χ2n) is 4.68. The smallest absolute Gasteiger partial charge is 0.227 e. The predicted molar refractivity (Wildman–Crippen MR) is 63.9 cm³/mol. The van der Waals surface area contributed by atoms with Gasteiger partial charge in [-0.15, -0.1) is 0 Å². The first-order chi connectivity index (χ1) is 8.33. The van der Waals surface area contributed by atoms with Crippen LogP contribution >= 0.6 is 0 Å². The standard InChI is InChI=1S/C13H16N2O2/c16-13(15-11-6-14-7-11)10-5-9-3-1-2-4-12(9)17-8-10/h1-4,10-11,14H,5-8H2,(H,15,16). The highest BCUT2D eigenvalue weighted by molar-refractivity contribution is 5.80. The van der Waals surface area contributed by atoms with E-state index in [1.807, 2.05) is 24.3 Å². The van der Waals surface area contributed by atoms with Gasteiger partial charge in [0.2, 0.25) is 5.91 Å². The van der Waals surface area contributed by atoms with Crippen molar-refractivity contribution in [1.82, 2.24) is 10.6 Å². The van der Waals surface area contributed by atoms with Crippen LogP contribution in [-0.4, -0.2) is 31.6 Å². The van der Waals surface area contributed by atoms with Crippen LogP contribution < -0.4 is 15.4 Å². The van der Waals surface area contributed by atoms with Gasteiger partial charge in [-0.1, -0.05) is 18.2 Å². The molecule has 0 radical (unpaired) electrons. The highest BCUT2D eigenvalue weighted by Gasteiger charge is 2.28. The number of para-hydroxylation sites is 1. The fraction of sp³-hybridized carbons (Fsp3) is 0.462. The summed E-state index contributed by atoms with van der Waals surface area (Å²) in [5.41, 5.74) is 1.13. The molecule has 1 atom stereocenters. The minimum atomic E-state index is -0.0505. The lowest BCUT2D eigenvalue weighted by molar-refractivity contribution is -0.127. The van der Waals surface area contributed by atoms with Gasteiger partial charge in [-0.2, -0.15) is 0 Å². The van der Waals surface area contributed by atoms with Crippen LogP contribution in [0.15, 0.2) is 24.3 Å². The largest absolute Gasteiger partial charge is 0.492 e. The lowest BCUT2D eigenvalue weighted by Crippen LogP contribution is -2.58. The van der Waals surface area contributed by atoms with Gasteiger partial charge in [-0.3, -0.25) is 4.79 Å². The Morgan fingerprint density at radius 1 is 1.35 bits per heavy atom. The summed E-state index contributed by atoms with van der Waals surface area (Å²) in [6, 6.07) is 8.23. The number of hydrogen-bond acceptors (Lipinski definition) is 3. The molecule has 0 spiro atoms. The van der Waals surface area contributed by atoms with Crippen molar-refractivity contribution in [3.8, 4) is 5.75 Å². The van der Waals surface area contributed by atoms with Crippen molar-refractivity contribution in [2.24, 2.45) is 5.92 Å². The van der Waals surface area contributed by atoms with Crippen LogP contribution in [0.2, 0.25) is 0 Å². The third-order valence-corrected chi connectivity index (χ3v) is 3.38. The number of carbonyl (C=O) groups excluding carboxylic acids is 1. The minimum absolute atomic E-state index is 0.0505. The molecule has 1 saturated heterocycles. The average molecular weight is 232 g/mol. The van der Waals surface area contributed by atoms with Crippen molar-refractivity contribution in [2.45, 2.75) is 12.5 Å². The SMILES string of the molecule is O=C(NC1CNC1)C1COc2ccccc2C1. The Bertz CT molecular complexity index is 429. The Hall–Kier alpha value is -1.55. The molecule has 2 heterocycles. The van der Waals surface area contributed by atoms with E-state index in [0.29, 0.717) is 12.6 Å². The molecule has 2 N–H and O–H groups in total. The number of benzene rings is 1. The molecule has 3 rings (SSSR count). The summed E-state index contributed by atoms with van der Waals surface area (Å²) in [6.45, 7) is 2.26. The quantitative estimate of drug-likeness (QED) is 0.772. The molecular weight excluding hydrogens is 216 g/mol. The molecule has 1 unspecified atom stereocenters. The summed E-state index contributed by atoms with van der Waals surface area (Å²) >= 11 is 0. The van der Waals surface area contributed by atoms with E-state index in [-0.39, 0.29) is 11.8 Å². The van der Waals surface area contributed by atoms with Gasteiger partial charge in [-0.05, 0) is 18.1 Å². The molecule has 4 heteroatoms. The molecule has 1 fully saturated rings. The minimum Gasteiger partial charge on any atom is -0.492 e. The number of nitrogens with one attached hydrogen (secondary N) is 2. The van der Waals surface area contributed by atoms with Crippen molar-refractivity contribution in [1.29, 1.82) is 0 Å². The van der Waals surface area contributed by atoms with Gasteiger partial charge in [0.25, 0.3) is 0 Å². The predicted octanol–water partition coefficient (Wildman–Crippen LogP) is 0.326. The van der Waals surface area contributed by atoms with Crippen LogP contribution in [0.3, 0.4) is 0 Å². The highest BCUT2D eigenvalue weighted by Crippen LogP contribution is 2.26. The van der Waals surface area contributed by atoms with E-state index in [0.717, 1.165) is 30.8 Å². The normalized spacial score (nSPS) is 23.2. The lowest BCUT2D eigenvalue weighted by Gasteiger charge is -2.31. The van der Waals surface area contributed by atoms with E-state index in [2.05, 4.69) is 10.6 Å². The van der Waals surface area contributed by atoms with Crippen LogP contribution in [0.4, 0.5) is 0 Å². The summed E-state index contributed by atoms with van der Waals surface area (Å²) in [5, 5.41) is 6.17. The molecular formula is C13H16N2O2. The zero-order valence-corrected chi connectivity index (χ0v) is 9.61. The Morgan fingerprint density at radius 3 is 2.94 bits per heavy atom. The van der Waals surface area contributed by atoms with Crippen LogP contribution in [0.25, 0.3) is 0 Å². The zero-order valence-electron chi connectivity index (χ0n) is 9.61. The topological polar surface area (TPSA) is 50.4 Å². The van der Waals surface area contributed by atoms with E-state index in [9.17, 15) is 4.79 Å². The molecule has 0 saturated carbocycles. The van der Waals surface area contributed by atoms with Gasteiger partial charge in [0, 0.05) is 13.1 Å². The van der Waals surface area contributed by atoms with Crippen LogP contribution in [0.1, 0.15) is 5.56 Å². The van der Waals surface area contributed by atoms with Crippen molar-refractivity contribution in [2.75, 3.05) is 19.7 Å². The number of ether oxygens (including phenoxy) is 1. The Labute approximate surface area is 100 Å². The molecule has 4 nitrogen and oxygen atoms in total. The molecule has 2 aliphatic heterocycles. The summed E-state index contributed by atoms with van der Waals surface area (Å²) < 4.78 is 5.61. The fourth-order valence-electron chi connectivity index (χ4n) is 2.21. The number of carbonyl (C=O) groups is 1. The maximum absolute atomic E-state index is 12.0. The van der Waals surface area contributed by atoms with Crippen molar-refractivity contribution in [3.05, 3.63) is 29.8 Å². The number of hydrogen-bond donors (Lipinski definition) is 2. The van der Waals surface area contributed by atoms with Gasteiger partial charge in [0.1, 0.15) is 12.4 Å². The van der Waals surface area contributed by atoms with E-state index in [4.69, 9.17) is 4.74 Å². The first-order valence-corrected chi connectivity index (χ1v) is 6.05. The summed E-state index contributed by atoms with van der Waals surface area (Å²) in [5.74, 6) is 0.985. The number of fused-ring (bicyclic) bond motifs is 1. The molecule has 0 aliphatic carbocycles. The maximum atomic E-state index is 12.0. The van der Waals surface area contributed by atoms with Gasteiger partial charge >= 0.3 is 0 Å². The summed E-state index contributed by atoms with van der Waals surface area (Å²) in [4.78, 5) is 12.0. The molecule has 90 valence electrons. The fourth-order valence-corrected chi connectivity index (χ4v) is 2.21. The van der Waals surface area contributed by atoms with Gasteiger partial charge in [0.15, 0.2) is 0 Å². The van der Waals surface area contributed by atoms with Crippen molar-refractivity contribution < 1.29 is 9.53 Å². The first kappa shape index (κ1) is 10.6. The Kier molecular flexibility index (Phi) is 2.73. The summed E-state index contributed by atoms with van der Waals surface area (Å²) in [7, 11) is 0. The van der Waals surface area contributed by atoms with E-state index >= 15 is 0 Å². The number of rotatable bonds is 2. The third-order valence-electron chi connectivity index (χ3n) is 3.38. The number of amides is 1. The van der Waals surface area contributed by atoms with Gasteiger partial charge in [-0.25, -0.2) is 0 Å². The van der Waals surface area contributed by atoms with E-state index < -0.39 is 0 Å². The Balaban J connectivity index is 1.64. The maximum Gasteiger partial charge on any atom is 0.227 e. The van der Waals surface area contributed by atoms with Crippen molar-refractivity contribution in [3.63, 3.8) is 0 Å². The molecule has 0 aromatic heterocycles. The van der Waals surface area contributed by atoms with E-state index in [1.54, 1.807) is 0 Å². The molecule has 2 aliphatic rings. The molecule has 1 aromatic carbocycles. The van der Waals surface area contributed by atoms with E-state index in [1.165, 1.54) is 0 Å². The van der Waals surface area contributed by atoms with Crippen molar-refractivity contribution >= 4 is 5.91 Å². The first-order valence-electron chi connectivity index (χ1n) is 6.05. The average Bonchev–Trinajstić information content (AvgIpc) is 2.33. The van der Waals surface area contributed by atoms with Crippen LogP contribution in [-0.2, 0) is 11.2 Å². The second-order valence-corrected chi connectivity index (χ2v) is 4.68. The zero-order chi connectivity index (χ0) is 11.7. The van der Waals surface area contributed by atoms with Crippen LogP contribution in [0.5, 0.6) is 5.75 Å². The molecule has 1 amide bonds. The van der Waals surface area contributed by atoms with Gasteiger partial charge < -0.3 is 15.4 Å². The third kappa shape index (κ3) is 2.13. The monoisotopic (exact) mass is 232 g/mol. The molecule has 1 aromatic rings. The Morgan fingerprint density at radius 2 is 2.18 bits per heavy atom.